The second-order valence-corrected chi connectivity index (χ2v) is 5.40. The summed E-state index contributed by atoms with van der Waals surface area (Å²) < 4.78 is 27.0. The molecule has 0 fully saturated rings. The average molecular weight is 305 g/mol. The normalized spacial score (nSPS) is 13.0. The van der Waals surface area contributed by atoms with Crippen LogP contribution in [0.1, 0.15) is 23.2 Å². The van der Waals surface area contributed by atoms with E-state index in [1.54, 1.807) is 0 Å². The topological polar surface area (TPSA) is 50.9 Å². The fraction of sp³-hybridized carbons (Fsp3) is 0.200. The molecule has 2 aromatic rings. The molecule has 0 aliphatic heterocycles. The lowest BCUT2D eigenvalue weighted by Crippen LogP contribution is -2.14. The standard InChI is InChI=1S/C15H13F2N3S/c16-9-4-5-11(17)13(7-9)20-15-10(14(18)21)6-8-2-1-3-12(8)19-15/h4-7H,1-3H2,(H2,18,21)(H,19,20). The number of rotatable bonds is 3. The Balaban J connectivity index is 2.05. The summed E-state index contributed by atoms with van der Waals surface area (Å²) >= 11 is 5.03. The van der Waals surface area contributed by atoms with Gasteiger partial charge in [-0.25, -0.2) is 13.8 Å². The average Bonchev–Trinajstić information content (AvgIpc) is 2.89. The molecule has 1 aliphatic carbocycles. The summed E-state index contributed by atoms with van der Waals surface area (Å²) in [5, 5.41) is 2.80. The maximum Gasteiger partial charge on any atom is 0.146 e. The third-order valence-electron chi connectivity index (χ3n) is 3.50. The molecule has 1 aromatic carbocycles. The molecule has 3 N–H and O–H groups in total. The van der Waals surface area contributed by atoms with Crippen LogP contribution in [-0.2, 0) is 12.8 Å². The summed E-state index contributed by atoms with van der Waals surface area (Å²) in [5.41, 5.74) is 8.34. The summed E-state index contributed by atoms with van der Waals surface area (Å²) in [6.45, 7) is 0. The summed E-state index contributed by atoms with van der Waals surface area (Å²) in [6.07, 6.45) is 2.83. The second kappa shape index (κ2) is 5.37. The van der Waals surface area contributed by atoms with Crippen LogP contribution in [0.2, 0.25) is 0 Å². The third kappa shape index (κ3) is 2.71. The van der Waals surface area contributed by atoms with Crippen molar-refractivity contribution in [1.82, 2.24) is 4.98 Å². The summed E-state index contributed by atoms with van der Waals surface area (Å²) in [4.78, 5) is 4.65. The van der Waals surface area contributed by atoms with Crippen molar-refractivity contribution in [3.63, 3.8) is 0 Å². The van der Waals surface area contributed by atoms with Gasteiger partial charge >= 0.3 is 0 Å². The second-order valence-electron chi connectivity index (χ2n) is 4.96. The minimum atomic E-state index is -0.562. The lowest BCUT2D eigenvalue weighted by Gasteiger charge is -2.13. The van der Waals surface area contributed by atoms with E-state index < -0.39 is 11.6 Å². The first-order valence-electron chi connectivity index (χ1n) is 6.59. The highest BCUT2D eigenvalue weighted by atomic mass is 32.1. The van der Waals surface area contributed by atoms with E-state index in [9.17, 15) is 8.78 Å². The number of halogens is 2. The van der Waals surface area contributed by atoms with Crippen LogP contribution >= 0.6 is 12.2 Å². The van der Waals surface area contributed by atoms with Gasteiger partial charge in [0.15, 0.2) is 0 Å². The molecule has 108 valence electrons. The van der Waals surface area contributed by atoms with E-state index >= 15 is 0 Å². The van der Waals surface area contributed by atoms with Crippen LogP contribution in [0.25, 0.3) is 0 Å². The van der Waals surface area contributed by atoms with Gasteiger partial charge in [0, 0.05) is 11.8 Å². The minimum absolute atomic E-state index is 0.0120. The molecule has 0 saturated carbocycles. The molecule has 3 nitrogen and oxygen atoms in total. The number of fused-ring (bicyclic) bond motifs is 1. The van der Waals surface area contributed by atoms with Crippen molar-refractivity contribution in [3.05, 3.63) is 52.7 Å². The van der Waals surface area contributed by atoms with Gasteiger partial charge in [-0.1, -0.05) is 12.2 Å². The van der Waals surface area contributed by atoms with Crippen molar-refractivity contribution in [2.24, 2.45) is 5.73 Å². The fourth-order valence-corrected chi connectivity index (χ4v) is 2.63. The van der Waals surface area contributed by atoms with Crippen LogP contribution in [-0.4, -0.2) is 9.97 Å². The number of aryl methyl sites for hydroxylation is 2. The molecule has 6 heteroatoms. The van der Waals surface area contributed by atoms with Crippen LogP contribution in [0.5, 0.6) is 0 Å². The number of nitrogens with two attached hydrogens (primary N) is 1. The van der Waals surface area contributed by atoms with Gasteiger partial charge in [0.25, 0.3) is 0 Å². The highest BCUT2D eigenvalue weighted by Gasteiger charge is 2.18. The molecule has 3 rings (SSSR count). The zero-order valence-electron chi connectivity index (χ0n) is 11.1. The zero-order valence-corrected chi connectivity index (χ0v) is 11.9. The Labute approximate surface area is 126 Å². The molecule has 0 atom stereocenters. The predicted molar refractivity (Wildman–Crippen MR) is 81.8 cm³/mol. The van der Waals surface area contributed by atoms with E-state index in [0.717, 1.165) is 48.7 Å². The van der Waals surface area contributed by atoms with Crippen molar-refractivity contribution in [1.29, 1.82) is 0 Å². The van der Waals surface area contributed by atoms with Crippen molar-refractivity contribution < 1.29 is 8.78 Å². The lowest BCUT2D eigenvalue weighted by atomic mass is 10.1. The van der Waals surface area contributed by atoms with Crippen LogP contribution in [0, 0.1) is 11.6 Å². The zero-order chi connectivity index (χ0) is 15.0. The quantitative estimate of drug-likeness (QED) is 0.855. The van der Waals surface area contributed by atoms with E-state index in [4.69, 9.17) is 18.0 Å². The molecule has 0 radical (unpaired) electrons. The molecule has 0 saturated heterocycles. The van der Waals surface area contributed by atoms with Gasteiger partial charge in [0.1, 0.15) is 22.4 Å². The largest absolute Gasteiger partial charge is 0.389 e. The molecule has 1 aliphatic rings. The van der Waals surface area contributed by atoms with E-state index in [-0.39, 0.29) is 10.7 Å². The molecule has 0 bridgehead atoms. The molecule has 0 amide bonds. The molecule has 0 unspecified atom stereocenters. The number of benzene rings is 1. The molecule has 0 spiro atoms. The van der Waals surface area contributed by atoms with Gasteiger partial charge < -0.3 is 11.1 Å². The Morgan fingerprint density at radius 1 is 1.24 bits per heavy atom. The monoisotopic (exact) mass is 305 g/mol. The Kier molecular flexibility index (Phi) is 3.55. The number of hydrogen-bond donors (Lipinski definition) is 2. The maximum atomic E-state index is 13.7. The highest BCUT2D eigenvalue weighted by Crippen LogP contribution is 2.28. The van der Waals surface area contributed by atoms with Crippen molar-refractivity contribution in [3.8, 4) is 0 Å². The molecule has 21 heavy (non-hydrogen) atoms. The van der Waals surface area contributed by atoms with Crippen molar-refractivity contribution in [2.75, 3.05) is 5.32 Å². The van der Waals surface area contributed by atoms with Crippen molar-refractivity contribution >= 4 is 28.7 Å². The molecular weight excluding hydrogens is 292 g/mol. The van der Waals surface area contributed by atoms with Crippen molar-refractivity contribution in [2.45, 2.75) is 19.3 Å². The first kappa shape index (κ1) is 13.9. The number of anilines is 2. The van der Waals surface area contributed by atoms with E-state index in [0.29, 0.717) is 11.4 Å². The Hall–Kier alpha value is -2.08. The Morgan fingerprint density at radius 3 is 2.81 bits per heavy atom. The smallest absolute Gasteiger partial charge is 0.146 e. The number of aromatic nitrogens is 1. The van der Waals surface area contributed by atoms with Gasteiger partial charge in [0.05, 0.1) is 11.3 Å². The van der Waals surface area contributed by atoms with Gasteiger partial charge in [-0.2, -0.15) is 0 Å². The number of pyridine rings is 1. The van der Waals surface area contributed by atoms with E-state index in [1.807, 2.05) is 6.07 Å². The number of nitrogens with one attached hydrogen (secondary N) is 1. The summed E-state index contributed by atoms with van der Waals surface area (Å²) in [5.74, 6) is -0.725. The highest BCUT2D eigenvalue weighted by molar-refractivity contribution is 7.80. The number of hydrogen-bond acceptors (Lipinski definition) is 3. The predicted octanol–water partition coefficient (Wildman–Crippen LogP) is 3.23. The lowest BCUT2D eigenvalue weighted by molar-refractivity contribution is 0.603. The summed E-state index contributed by atoms with van der Waals surface area (Å²) in [6, 6.07) is 5.08. The number of nitrogens with zero attached hydrogens (tertiary/aromatic N) is 1. The third-order valence-corrected chi connectivity index (χ3v) is 3.72. The van der Waals surface area contributed by atoms with Crippen LogP contribution in [0.3, 0.4) is 0 Å². The first-order valence-corrected chi connectivity index (χ1v) is 7.00. The van der Waals surface area contributed by atoms with Crippen LogP contribution < -0.4 is 11.1 Å². The SMILES string of the molecule is NC(=S)c1cc2c(nc1Nc1cc(F)ccc1F)CCC2. The van der Waals surface area contributed by atoms with Gasteiger partial charge in [-0.3, -0.25) is 0 Å². The van der Waals surface area contributed by atoms with Crippen LogP contribution in [0.4, 0.5) is 20.3 Å². The number of thiocarbonyl (C=S) groups is 1. The van der Waals surface area contributed by atoms with Gasteiger partial charge in [0.2, 0.25) is 0 Å². The minimum Gasteiger partial charge on any atom is -0.389 e. The fourth-order valence-electron chi connectivity index (χ4n) is 2.48. The molecular formula is C15H13F2N3S. The molecule has 1 heterocycles. The first-order chi connectivity index (χ1) is 10.0. The van der Waals surface area contributed by atoms with E-state index in [1.165, 1.54) is 0 Å². The van der Waals surface area contributed by atoms with E-state index in [2.05, 4.69) is 10.3 Å². The Bertz CT molecular complexity index is 731. The maximum absolute atomic E-state index is 13.7. The molecule has 1 aromatic heterocycles. The van der Waals surface area contributed by atoms with Crippen LogP contribution in [0.15, 0.2) is 24.3 Å². The van der Waals surface area contributed by atoms with Gasteiger partial charge in [-0.15, -0.1) is 0 Å². The Morgan fingerprint density at radius 2 is 2.05 bits per heavy atom. The summed E-state index contributed by atoms with van der Waals surface area (Å²) in [7, 11) is 0. The van der Waals surface area contributed by atoms with Gasteiger partial charge in [-0.05, 0) is 43.0 Å².